The van der Waals surface area contributed by atoms with Gasteiger partial charge in [-0.15, -0.1) is 0 Å². The number of nitro groups is 1. The van der Waals surface area contributed by atoms with Crippen molar-refractivity contribution in [3.8, 4) is 0 Å². The Hall–Kier alpha value is -2.73. The molecule has 0 aliphatic heterocycles. The summed E-state index contributed by atoms with van der Waals surface area (Å²) in [6.45, 7) is 0. The fourth-order valence-corrected chi connectivity index (χ4v) is 1.77. The van der Waals surface area contributed by atoms with Crippen molar-refractivity contribution in [2.24, 2.45) is 5.10 Å². The third-order valence-electron chi connectivity index (χ3n) is 2.55. The van der Waals surface area contributed by atoms with Crippen LogP contribution in [0.2, 0.25) is 5.02 Å². The molecule has 6 nitrogen and oxygen atoms in total. The molecule has 2 aromatic carbocycles. The predicted octanol–water partition coefficient (Wildman–Crippen LogP) is 3.01. The number of hydrogen-bond acceptors (Lipinski definition) is 4. The number of amides is 1. The molecule has 0 saturated heterocycles. The molecule has 2 aromatic rings. The van der Waals surface area contributed by atoms with E-state index in [1.165, 1.54) is 30.5 Å². The van der Waals surface area contributed by atoms with Gasteiger partial charge < -0.3 is 0 Å². The topological polar surface area (TPSA) is 84.6 Å². The first-order valence-corrected chi connectivity index (χ1v) is 6.27. The number of carbonyl (C=O) groups excluding carboxylic acids is 1. The van der Waals surface area contributed by atoms with Crippen LogP contribution in [0.3, 0.4) is 0 Å². The Balaban J connectivity index is 2.04. The molecule has 106 valence electrons. The minimum Gasteiger partial charge on any atom is -0.267 e. The van der Waals surface area contributed by atoms with E-state index in [0.717, 1.165) is 0 Å². The number of non-ortho nitro benzene ring substituents is 1. The first-order valence-electron chi connectivity index (χ1n) is 5.90. The fourth-order valence-electron chi connectivity index (χ4n) is 1.58. The van der Waals surface area contributed by atoms with Crippen LogP contribution in [0.4, 0.5) is 5.69 Å². The molecule has 7 heteroatoms. The number of hydrazone groups is 1. The molecule has 0 fully saturated rings. The number of nitrogens with one attached hydrogen (secondary N) is 1. The summed E-state index contributed by atoms with van der Waals surface area (Å²) in [6.07, 6.45) is 1.33. The van der Waals surface area contributed by atoms with E-state index < -0.39 is 10.8 Å². The second-order valence-electron chi connectivity index (χ2n) is 4.06. The van der Waals surface area contributed by atoms with Crippen molar-refractivity contribution in [3.05, 3.63) is 74.8 Å². The normalized spacial score (nSPS) is 10.5. The van der Waals surface area contributed by atoms with E-state index in [2.05, 4.69) is 10.5 Å². The van der Waals surface area contributed by atoms with Crippen LogP contribution in [-0.2, 0) is 0 Å². The smallest absolute Gasteiger partial charge is 0.267 e. The van der Waals surface area contributed by atoms with Crippen molar-refractivity contribution >= 4 is 29.4 Å². The van der Waals surface area contributed by atoms with Gasteiger partial charge in [-0.2, -0.15) is 5.10 Å². The summed E-state index contributed by atoms with van der Waals surface area (Å²) in [7, 11) is 0. The Labute approximate surface area is 125 Å². The summed E-state index contributed by atoms with van der Waals surface area (Å²) >= 11 is 5.78. The van der Waals surface area contributed by atoms with Crippen LogP contribution >= 0.6 is 11.6 Å². The molecule has 0 heterocycles. The second kappa shape index (κ2) is 6.62. The van der Waals surface area contributed by atoms with Crippen molar-refractivity contribution in [1.82, 2.24) is 5.43 Å². The summed E-state index contributed by atoms with van der Waals surface area (Å²) in [6, 6.07) is 12.3. The Morgan fingerprint density at radius 1 is 1.24 bits per heavy atom. The number of nitrogens with zero attached hydrogens (tertiary/aromatic N) is 2. The number of halogens is 1. The van der Waals surface area contributed by atoms with Gasteiger partial charge in [-0.05, 0) is 18.2 Å². The fraction of sp³-hybridized carbons (Fsp3) is 0. The third-order valence-corrected chi connectivity index (χ3v) is 2.78. The first kappa shape index (κ1) is 14.7. The standard InChI is InChI=1S/C14H10ClN3O3/c15-12-5-2-4-11(8-12)14(19)17-16-9-10-3-1-6-13(7-10)18(20)21/h1-9H,(H,17,19)/b16-9+. The van der Waals surface area contributed by atoms with Gasteiger partial charge in [0.1, 0.15) is 0 Å². The highest BCUT2D eigenvalue weighted by atomic mass is 35.5. The second-order valence-corrected chi connectivity index (χ2v) is 4.50. The van der Waals surface area contributed by atoms with Crippen molar-refractivity contribution < 1.29 is 9.72 Å². The lowest BCUT2D eigenvalue weighted by Gasteiger charge is -2.00. The number of benzene rings is 2. The monoisotopic (exact) mass is 303 g/mol. The van der Waals surface area contributed by atoms with Crippen LogP contribution < -0.4 is 5.43 Å². The van der Waals surface area contributed by atoms with E-state index in [4.69, 9.17) is 11.6 Å². The van der Waals surface area contributed by atoms with Crippen LogP contribution in [-0.4, -0.2) is 17.0 Å². The highest BCUT2D eigenvalue weighted by Gasteiger charge is 2.05. The maximum atomic E-state index is 11.8. The minimum absolute atomic E-state index is 0.0416. The van der Waals surface area contributed by atoms with E-state index in [0.29, 0.717) is 16.1 Å². The molecule has 0 atom stereocenters. The molecule has 1 amide bonds. The van der Waals surface area contributed by atoms with Crippen molar-refractivity contribution in [2.75, 3.05) is 0 Å². The quantitative estimate of drug-likeness (QED) is 0.535. The van der Waals surface area contributed by atoms with Gasteiger partial charge in [-0.25, -0.2) is 5.43 Å². The van der Waals surface area contributed by atoms with Gasteiger partial charge in [0.05, 0.1) is 11.1 Å². The Morgan fingerprint density at radius 2 is 2.00 bits per heavy atom. The average Bonchev–Trinajstić information content (AvgIpc) is 2.47. The largest absolute Gasteiger partial charge is 0.271 e. The Morgan fingerprint density at radius 3 is 2.71 bits per heavy atom. The van der Waals surface area contributed by atoms with Crippen molar-refractivity contribution in [2.45, 2.75) is 0 Å². The average molecular weight is 304 g/mol. The zero-order chi connectivity index (χ0) is 15.2. The molecule has 0 spiro atoms. The molecule has 2 rings (SSSR count). The van der Waals surface area contributed by atoms with Gasteiger partial charge in [-0.3, -0.25) is 14.9 Å². The van der Waals surface area contributed by atoms with Crippen LogP contribution in [0.5, 0.6) is 0 Å². The van der Waals surface area contributed by atoms with E-state index in [1.54, 1.807) is 24.3 Å². The van der Waals surface area contributed by atoms with E-state index in [9.17, 15) is 14.9 Å². The predicted molar refractivity (Wildman–Crippen MR) is 79.6 cm³/mol. The van der Waals surface area contributed by atoms with Crippen molar-refractivity contribution in [3.63, 3.8) is 0 Å². The van der Waals surface area contributed by atoms with Gasteiger partial charge in [0.2, 0.25) is 0 Å². The van der Waals surface area contributed by atoms with Gasteiger partial charge in [0.15, 0.2) is 0 Å². The zero-order valence-electron chi connectivity index (χ0n) is 10.7. The van der Waals surface area contributed by atoms with Gasteiger partial charge >= 0.3 is 0 Å². The molecular weight excluding hydrogens is 294 g/mol. The highest BCUT2D eigenvalue weighted by Crippen LogP contribution is 2.12. The van der Waals surface area contributed by atoms with Crippen LogP contribution in [0.25, 0.3) is 0 Å². The number of rotatable bonds is 4. The van der Waals surface area contributed by atoms with E-state index in [-0.39, 0.29) is 5.69 Å². The molecule has 21 heavy (non-hydrogen) atoms. The zero-order valence-corrected chi connectivity index (χ0v) is 11.4. The molecule has 1 N–H and O–H groups in total. The molecular formula is C14H10ClN3O3. The lowest BCUT2D eigenvalue weighted by molar-refractivity contribution is -0.384. The lowest BCUT2D eigenvalue weighted by Crippen LogP contribution is -2.17. The summed E-state index contributed by atoms with van der Waals surface area (Å²) in [5.41, 5.74) is 3.17. The Kier molecular flexibility index (Phi) is 4.63. The molecule has 0 aliphatic carbocycles. The molecule has 0 unspecified atom stereocenters. The van der Waals surface area contributed by atoms with E-state index >= 15 is 0 Å². The minimum atomic E-state index is -0.498. The number of carbonyl (C=O) groups is 1. The molecule has 0 bridgehead atoms. The van der Waals surface area contributed by atoms with Crippen LogP contribution in [0, 0.1) is 10.1 Å². The van der Waals surface area contributed by atoms with Gasteiger partial charge in [0, 0.05) is 28.3 Å². The third kappa shape index (κ3) is 4.12. The van der Waals surface area contributed by atoms with Crippen LogP contribution in [0.1, 0.15) is 15.9 Å². The summed E-state index contributed by atoms with van der Waals surface area (Å²) in [5.74, 6) is -0.417. The van der Waals surface area contributed by atoms with Crippen molar-refractivity contribution in [1.29, 1.82) is 0 Å². The van der Waals surface area contributed by atoms with E-state index in [1.807, 2.05) is 0 Å². The summed E-state index contributed by atoms with van der Waals surface area (Å²) in [5, 5.41) is 14.8. The number of nitro benzene ring substituents is 1. The van der Waals surface area contributed by atoms with Crippen LogP contribution in [0.15, 0.2) is 53.6 Å². The molecule has 0 radical (unpaired) electrons. The van der Waals surface area contributed by atoms with Gasteiger partial charge in [-0.1, -0.05) is 29.8 Å². The molecule has 0 aromatic heterocycles. The maximum Gasteiger partial charge on any atom is 0.271 e. The lowest BCUT2D eigenvalue weighted by atomic mass is 10.2. The summed E-state index contributed by atoms with van der Waals surface area (Å²) in [4.78, 5) is 21.9. The summed E-state index contributed by atoms with van der Waals surface area (Å²) < 4.78 is 0. The SMILES string of the molecule is O=C(N/N=C/c1cccc([N+](=O)[O-])c1)c1cccc(Cl)c1. The van der Waals surface area contributed by atoms with Gasteiger partial charge in [0.25, 0.3) is 11.6 Å². The first-order chi connectivity index (χ1) is 10.1. The Bertz CT molecular complexity index is 716. The highest BCUT2D eigenvalue weighted by molar-refractivity contribution is 6.30. The number of hydrogen-bond donors (Lipinski definition) is 1. The molecule has 0 saturated carbocycles. The molecule has 0 aliphatic rings. The maximum absolute atomic E-state index is 11.8.